The van der Waals surface area contributed by atoms with Crippen LogP contribution in [0.4, 0.5) is 0 Å². The van der Waals surface area contributed by atoms with Crippen LogP contribution in [-0.4, -0.2) is 36.4 Å². The summed E-state index contributed by atoms with van der Waals surface area (Å²) in [6.07, 6.45) is 1.69. The van der Waals surface area contributed by atoms with Crippen molar-refractivity contribution in [3.05, 3.63) is 17.6 Å². The van der Waals surface area contributed by atoms with Gasteiger partial charge in [-0.25, -0.2) is 14.8 Å². The first-order chi connectivity index (χ1) is 6.72. The molecular formula is C8H8N2O4. The minimum Gasteiger partial charge on any atom is -0.479 e. The second kappa shape index (κ2) is 4.31. The van der Waals surface area contributed by atoms with E-state index in [0.717, 1.165) is 0 Å². The molecule has 0 spiro atoms. The molecule has 0 aliphatic heterocycles. The molecule has 0 aliphatic carbocycles. The molecule has 0 aliphatic rings. The Morgan fingerprint density at radius 1 is 1.50 bits per heavy atom. The van der Waals surface area contributed by atoms with Crippen LogP contribution in [0.25, 0.3) is 0 Å². The fourth-order valence-electron chi connectivity index (χ4n) is 0.827. The van der Waals surface area contributed by atoms with Crippen molar-refractivity contribution in [1.82, 2.24) is 9.97 Å². The molecule has 0 saturated heterocycles. The quantitative estimate of drug-likeness (QED) is 0.503. The number of nitrogens with zero attached hydrogens (tertiary/aromatic N) is 2. The van der Waals surface area contributed by atoms with Crippen molar-refractivity contribution in [2.75, 3.05) is 14.2 Å². The van der Waals surface area contributed by atoms with Gasteiger partial charge in [0.2, 0.25) is 11.6 Å². The van der Waals surface area contributed by atoms with Crippen LogP contribution in [0.3, 0.4) is 0 Å². The van der Waals surface area contributed by atoms with Gasteiger partial charge in [-0.05, 0) is 0 Å². The summed E-state index contributed by atoms with van der Waals surface area (Å²) in [4.78, 5) is 28.9. The van der Waals surface area contributed by atoms with Crippen LogP contribution in [0.15, 0.2) is 6.20 Å². The third kappa shape index (κ3) is 1.85. The van der Waals surface area contributed by atoms with Gasteiger partial charge in [-0.15, -0.1) is 0 Å². The van der Waals surface area contributed by atoms with E-state index in [1.54, 1.807) is 0 Å². The molecule has 0 fully saturated rings. The lowest BCUT2D eigenvalue weighted by Gasteiger charge is -2.03. The van der Waals surface area contributed by atoms with Crippen molar-refractivity contribution in [2.45, 2.75) is 0 Å². The summed E-state index contributed by atoms with van der Waals surface area (Å²) in [6.45, 7) is 0. The lowest BCUT2D eigenvalue weighted by molar-refractivity contribution is 0.0589. The molecule has 1 aromatic heterocycles. The Kier molecular flexibility index (Phi) is 3.11. The minimum atomic E-state index is -0.696. The Balaban J connectivity index is 3.21. The number of aldehydes is 1. The lowest BCUT2D eigenvalue weighted by Crippen LogP contribution is -2.09. The van der Waals surface area contributed by atoms with E-state index in [9.17, 15) is 9.59 Å². The number of methoxy groups -OCH3 is 2. The summed E-state index contributed by atoms with van der Waals surface area (Å²) in [5, 5.41) is 0. The highest BCUT2D eigenvalue weighted by molar-refractivity contribution is 5.90. The van der Waals surface area contributed by atoms with E-state index in [0.29, 0.717) is 6.29 Å². The molecule has 0 unspecified atom stereocenters. The van der Waals surface area contributed by atoms with Crippen molar-refractivity contribution >= 4 is 12.3 Å². The highest BCUT2D eigenvalue weighted by Gasteiger charge is 2.16. The number of esters is 1. The van der Waals surface area contributed by atoms with Gasteiger partial charge in [-0.1, -0.05) is 0 Å². The van der Waals surface area contributed by atoms with E-state index in [1.807, 2.05) is 0 Å². The number of hydrogen-bond donors (Lipinski definition) is 0. The molecule has 6 heteroatoms. The van der Waals surface area contributed by atoms with Crippen LogP contribution >= 0.6 is 0 Å². The van der Waals surface area contributed by atoms with E-state index in [2.05, 4.69) is 14.7 Å². The number of carbonyl (C=O) groups excluding carboxylic acids is 2. The van der Waals surface area contributed by atoms with E-state index in [4.69, 9.17) is 4.74 Å². The number of ether oxygens (including phenoxy) is 2. The van der Waals surface area contributed by atoms with Crippen molar-refractivity contribution in [2.24, 2.45) is 0 Å². The van der Waals surface area contributed by atoms with Crippen molar-refractivity contribution in [1.29, 1.82) is 0 Å². The normalized spacial score (nSPS) is 9.29. The molecule has 0 N–H and O–H groups in total. The zero-order valence-corrected chi connectivity index (χ0v) is 7.68. The number of rotatable bonds is 3. The first-order valence-electron chi connectivity index (χ1n) is 3.67. The van der Waals surface area contributed by atoms with Crippen molar-refractivity contribution in [3.63, 3.8) is 0 Å². The fourth-order valence-corrected chi connectivity index (χ4v) is 0.827. The second-order valence-corrected chi connectivity index (χ2v) is 2.26. The van der Waals surface area contributed by atoms with E-state index in [-0.39, 0.29) is 17.3 Å². The molecule has 1 aromatic rings. The second-order valence-electron chi connectivity index (χ2n) is 2.26. The van der Waals surface area contributed by atoms with Gasteiger partial charge in [0.1, 0.15) is 5.69 Å². The molecule has 0 atom stereocenters. The molecule has 0 saturated carbocycles. The Bertz CT molecular complexity index is 364. The predicted octanol–water partition coefficient (Wildman–Crippen LogP) is 0.0843. The maximum atomic E-state index is 11.1. The summed E-state index contributed by atoms with van der Waals surface area (Å²) in [7, 11) is 2.55. The maximum Gasteiger partial charge on any atom is 0.362 e. The van der Waals surface area contributed by atoms with Gasteiger partial charge < -0.3 is 9.47 Å². The highest BCUT2D eigenvalue weighted by atomic mass is 16.5. The summed E-state index contributed by atoms with van der Waals surface area (Å²) in [5.41, 5.74) is -0.0641. The summed E-state index contributed by atoms with van der Waals surface area (Å²) < 4.78 is 9.22. The van der Waals surface area contributed by atoms with Crippen LogP contribution in [0.5, 0.6) is 5.88 Å². The van der Waals surface area contributed by atoms with Gasteiger partial charge in [-0.3, -0.25) is 4.79 Å². The Morgan fingerprint density at radius 2 is 2.21 bits per heavy atom. The molecule has 14 heavy (non-hydrogen) atoms. The molecule has 0 bridgehead atoms. The first kappa shape index (κ1) is 10.1. The van der Waals surface area contributed by atoms with Gasteiger partial charge in [0.25, 0.3) is 0 Å². The zero-order valence-electron chi connectivity index (χ0n) is 7.68. The Hall–Kier alpha value is -1.98. The average Bonchev–Trinajstić information content (AvgIpc) is 2.27. The maximum absolute atomic E-state index is 11.1. The first-order valence-corrected chi connectivity index (χ1v) is 3.67. The highest BCUT2D eigenvalue weighted by Crippen LogP contribution is 2.12. The number of carbonyl (C=O) groups is 2. The van der Waals surface area contributed by atoms with Gasteiger partial charge in [0, 0.05) is 0 Å². The SMILES string of the molecule is COC(=O)c1nc(C=O)cnc1OC. The molecule has 0 radical (unpaired) electrons. The van der Waals surface area contributed by atoms with Crippen molar-refractivity contribution in [3.8, 4) is 5.88 Å². The van der Waals surface area contributed by atoms with E-state index in [1.165, 1.54) is 20.4 Å². The molecule has 1 heterocycles. The largest absolute Gasteiger partial charge is 0.479 e. The van der Waals surface area contributed by atoms with Crippen LogP contribution in [0.1, 0.15) is 21.0 Å². The summed E-state index contributed by atoms with van der Waals surface area (Å²) in [6, 6.07) is 0. The van der Waals surface area contributed by atoms with Crippen LogP contribution in [-0.2, 0) is 4.74 Å². The monoisotopic (exact) mass is 196 g/mol. The van der Waals surface area contributed by atoms with Crippen LogP contribution < -0.4 is 4.74 Å². The van der Waals surface area contributed by atoms with E-state index < -0.39 is 5.97 Å². The zero-order chi connectivity index (χ0) is 10.6. The molecule has 6 nitrogen and oxygen atoms in total. The third-order valence-electron chi connectivity index (χ3n) is 1.45. The van der Waals surface area contributed by atoms with E-state index >= 15 is 0 Å². The Labute approximate surface area is 79.9 Å². The molecule has 1 rings (SSSR count). The fraction of sp³-hybridized carbons (Fsp3) is 0.250. The average molecular weight is 196 g/mol. The molecular weight excluding hydrogens is 188 g/mol. The third-order valence-corrected chi connectivity index (χ3v) is 1.45. The van der Waals surface area contributed by atoms with Gasteiger partial charge in [0.15, 0.2) is 6.29 Å². The molecule has 74 valence electrons. The van der Waals surface area contributed by atoms with Crippen LogP contribution in [0, 0.1) is 0 Å². The topological polar surface area (TPSA) is 78.4 Å². The van der Waals surface area contributed by atoms with Crippen molar-refractivity contribution < 1.29 is 19.1 Å². The summed E-state index contributed by atoms with van der Waals surface area (Å²) >= 11 is 0. The standard InChI is InChI=1S/C8H8N2O4/c1-13-7-6(8(12)14-2)10-5(4-11)3-9-7/h3-4H,1-2H3. The van der Waals surface area contributed by atoms with Gasteiger partial charge in [-0.2, -0.15) is 0 Å². The summed E-state index contributed by atoms with van der Waals surface area (Å²) in [5.74, 6) is -0.666. The Morgan fingerprint density at radius 3 is 2.71 bits per heavy atom. The van der Waals surface area contributed by atoms with Gasteiger partial charge in [0.05, 0.1) is 20.4 Å². The number of hydrogen-bond acceptors (Lipinski definition) is 6. The molecule has 0 amide bonds. The van der Waals surface area contributed by atoms with Gasteiger partial charge >= 0.3 is 5.97 Å². The lowest BCUT2D eigenvalue weighted by atomic mass is 10.4. The predicted molar refractivity (Wildman–Crippen MR) is 45.3 cm³/mol. The minimum absolute atomic E-state index is 0.0300. The number of aromatic nitrogens is 2. The smallest absolute Gasteiger partial charge is 0.362 e. The molecule has 0 aromatic carbocycles. The van der Waals surface area contributed by atoms with Crippen LogP contribution in [0.2, 0.25) is 0 Å².